The minimum Gasteiger partial charge on any atom is -0.319 e. The number of amides is 1. The van der Waals surface area contributed by atoms with Crippen molar-refractivity contribution in [3.05, 3.63) is 22.4 Å². The standard InChI is InChI=1S/C16H26N2OS/c1-4-6-8-14(7-5-2)18-15(13-9-10-20-11-13)17-12(3)16(18)19/h9-12,14-15,17H,4-8H2,1-3H3. The fourth-order valence-corrected chi connectivity index (χ4v) is 3.69. The van der Waals surface area contributed by atoms with Crippen LogP contribution in [-0.2, 0) is 4.79 Å². The molecule has 4 heteroatoms. The maximum atomic E-state index is 12.6. The van der Waals surface area contributed by atoms with Crippen LogP contribution in [0.2, 0.25) is 0 Å². The summed E-state index contributed by atoms with van der Waals surface area (Å²) in [5.74, 6) is 0.260. The Labute approximate surface area is 126 Å². The molecule has 0 aromatic carbocycles. The van der Waals surface area contributed by atoms with Crippen LogP contribution in [0, 0.1) is 0 Å². The van der Waals surface area contributed by atoms with Crippen LogP contribution in [0.3, 0.4) is 0 Å². The lowest BCUT2D eigenvalue weighted by atomic mass is 10.0. The van der Waals surface area contributed by atoms with Gasteiger partial charge in [-0.2, -0.15) is 11.3 Å². The summed E-state index contributed by atoms with van der Waals surface area (Å²) in [4.78, 5) is 14.7. The molecule has 0 aliphatic carbocycles. The van der Waals surface area contributed by atoms with Gasteiger partial charge in [0, 0.05) is 6.04 Å². The van der Waals surface area contributed by atoms with E-state index in [0.717, 1.165) is 19.3 Å². The normalized spacial score (nSPS) is 24.4. The van der Waals surface area contributed by atoms with E-state index in [-0.39, 0.29) is 18.1 Å². The predicted octanol–water partition coefficient (Wildman–Crippen LogP) is 3.93. The van der Waals surface area contributed by atoms with Gasteiger partial charge in [-0.25, -0.2) is 0 Å². The lowest BCUT2D eigenvalue weighted by Crippen LogP contribution is -2.40. The number of unbranched alkanes of at least 4 members (excludes halogenated alkanes) is 1. The fraction of sp³-hybridized carbons (Fsp3) is 0.688. The number of hydrogen-bond acceptors (Lipinski definition) is 3. The summed E-state index contributed by atoms with van der Waals surface area (Å²) in [6, 6.07) is 2.43. The van der Waals surface area contributed by atoms with Crippen LogP contribution < -0.4 is 5.32 Å². The highest BCUT2D eigenvalue weighted by Gasteiger charge is 2.40. The molecule has 2 heterocycles. The number of nitrogens with zero attached hydrogens (tertiary/aromatic N) is 1. The molecule has 0 saturated carbocycles. The third-order valence-electron chi connectivity index (χ3n) is 4.08. The zero-order chi connectivity index (χ0) is 14.5. The quantitative estimate of drug-likeness (QED) is 0.826. The number of nitrogens with one attached hydrogen (secondary N) is 1. The van der Waals surface area contributed by atoms with Crippen LogP contribution in [-0.4, -0.2) is 22.9 Å². The minimum atomic E-state index is -0.0686. The van der Waals surface area contributed by atoms with Crippen molar-refractivity contribution in [2.75, 3.05) is 0 Å². The number of rotatable bonds is 7. The molecule has 1 amide bonds. The van der Waals surface area contributed by atoms with Crippen LogP contribution in [0.25, 0.3) is 0 Å². The van der Waals surface area contributed by atoms with Crippen LogP contribution in [0.1, 0.15) is 64.6 Å². The molecule has 1 aromatic heterocycles. The lowest BCUT2D eigenvalue weighted by Gasteiger charge is -2.32. The largest absolute Gasteiger partial charge is 0.319 e. The maximum Gasteiger partial charge on any atom is 0.241 e. The zero-order valence-corrected chi connectivity index (χ0v) is 13.6. The molecule has 3 atom stereocenters. The molecule has 3 unspecified atom stereocenters. The predicted molar refractivity (Wildman–Crippen MR) is 84.7 cm³/mol. The molecular formula is C16H26N2OS. The first-order valence-electron chi connectivity index (χ1n) is 7.79. The van der Waals surface area contributed by atoms with Gasteiger partial charge in [-0.15, -0.1) is 0 Å². The van der Waals surface area contributed by atoms with Crippen molar-refractivity contribution in [1.82, 2.24) is 10.2 Å². The van der Waals surface area contributed by atoms with E-state index in [2.05, 4.69) is 40.9 Å². The third kappa shape index (κ3) is 3.23. The van der Waals surface area contributed by atoms with Crippen molar-refractivity contribution in [2.45, 2.75) is 71.1 Å². The second kappa shape index (κ2) is 7.23. The Morgan fingerprint density at radius 1 is 1.35 bits per heavy atom. The van der Waals surface area contributed by atoms with E-state index in [1.165, 1.54) is 18.4 Å². The molecule has 112 valence electrons. The second-order valence-corrected chi connectivity index (χ2v) is 6.46. The summed E-state index contributed by atoms with van der Waals surface area (Å²) in [5, 5.41) is 7.69. The smallest absolute Gasteiger partial charge is 0.241 e. The molecule has 20 heavy (non-hydrogen) atoms. The van der Waals surface area contributed by atoms with E-state index < -0.39 is 0 Å². The van der Waals surface area contributed by atoms with E-state index >= 15 is 0 Å². The topological polar surface area (TPSA) is 32.3 Å². The van der Waals surface area contributed by atoms with E-state index in [1.807, 2.05) is 6.92 Å². The highest BCUT2D eigenvalue weighted by Crippen LogP contribution is 2.31. The summed E-state index contributed by atoms with van der Waals surface area (Å²) in [6.07, 6.45) is 5.79. The molecule has 0 radical (unpaired) electrons. The van der Waals surface area contributed by atoms with Gasteiger partial charge in [0.05, 0.1) is 6.04 Å². The Hall–Kier alpha value is -0.870. The molecule has 0 spiro atoms. The Kier molecular flexibility index (Phi) is 5.61. The average Bonchev–Trinajstić information content (AvgIpc) is 3.05. The van der Waals surface area contributed by atoms with Crippen molar-refractivity contribution in [3.8, 4) is 0 Å². The fourth-order valence-electron chi connectivity index (χ4n) is 3.01. The van der Waals surface area contributed by atoms with Gasteiger partial charge in [0.2, 0.25) is 5.91 Å². The Morgan fingerprint density at radius 2 is 2.15 bits per heavy atom. The molecule has 2 rings (SSSR count). The molecule has 0 bridgehead atoms. The maximum absolute atomic E-state index is 12.6. The van der Waals surface area contributed by atoms with Crippen LogP contribution in [0.5, 0.6) is 0 Å². The number of carbonyl (C=O) groups is 1. The van der Waals surface area contributed by atoms with Crippen molar-refractivity contribution >= 4 is 17.2 Å². The second-order valence-electron chi connectivity index (χ2n) is 5.68. The van der Waals surface area contributed by atoms with Crippen molar-refractivity contribution in [1.29, 1.82) is 0 Å². The molecule has 1 saturated heterocycles. The summed E-state index contributed by atoms with van der Waals surface area (Å²) in [7, 11) is 0. The Balaban J connectivity index is 2.20. The van der Waals surface area contributed by atoms with Gasteiger partial charge in [0.25, 0.3) is 0 Å². The number of hydrogen-bond donors (Lipinski definition) is 1. The summed E-state index contributed by atoms with van der Waals surface area (Å²) >= 11 is 1.70. The van der Waals surface area contributed by atoms with Gasteiger partial charge >= 0.3 is 0 Å². The number of thiophene rings is 1. The monoisotopic (exact) mass is 294 g/mol. The van der Waals surface area contributed by atoms with Crippen LogP contribution in [0.4, 0.5) is 0 Å². The van der Waals surface area contributed by atoms with Gasteiger partial charge in [-0.1, -0.05) is 33.1 Å². The lowest BCUT2D eigenvalue weighted by molar-refractivity contribution is -0.132. The molecule has 3 nitrogen and oxygen atoms in total. The first kappa shape index (κ1) is 15.5. The third-order valence-corrected chi connectivity index (χ3v) is 4.78. The summed E-state index contributed by atoms with van der Waals surface area (Å²) in [6.45, 7) is 6.40. The summed E-state index contributed by atoms with van der Waals surface area (Å²) < 4.78 is 0. The van der Waals surface area contributed by atoms with Crippen LogP contribution >= 0.6 is 11.3 Å². The van der Waals surface area contributed by atoms with Crippen molar-refractivity contribution in [2.24, 2.45) is 0 Å². The van der Waals surface area contributed by atoms with E-state index in [4.69, 9.17) is 0 Å². The van der Waals surface area contributed by atoms with E-state index in [9.17, 15) is 4.79 Å². The van der Waals surface area contributed by atoms with E-state index in [0.29, 0.717) is 6.04 Å². The molecule has 1 fully saturated rings. The van der Waals surface area contributed by atoms with E-state index in [1.54, 1.807) is 11.3 Å². The molecule has 1 aliphatic rings. The van der Waals surface area contributed by atoms with Gasteiger partial charge < -0.3 is 4.90 Å². The van der Waals surface area contributed by atoms with Crippen LogP contribution in [0.15, 0.2) is 16.8 Å². The SMILES string of the molecule is CCCCC(CCC)N1C(=O)C(C)NC1c1ccsc1. The molecule has 1 aromatic rings. The molecular weight excluding hydrogens is 268 g/mol. The first-order chi connectivity index (χ1) is 9.69. The van der Waals surface area contributed by atoms with Crippen molar-refractivity contribution in [3.63, 3.8) is 0 Å². The van der Waals surface area contributed by atoms with Gasteiger partial charge in [-0.05, 0) is 42.2 Å². The Morgan fingerprint density at radius 3 is 2.75 bits per heavy atom. The average molecular weight is 294 g/mol. The van der Waals surface area contributed by atoms with Gasteiger partial charge in [0.15, 0.2) is 0 Å². The molecule has 1 aliphatic heterocycles. The first-order valence-corrected chi connectivity index (χ1v) is 8.73. The minimum absolute atomic E-state index is 0.0668. The number of carbonyl (C=O) groups excluding carboxylic acids is 1. The summed E-state index contributed by atoms with van der Waals surface area (Å²) in [5.41, 5.74) is 1.23. The zero-order valence-electron chi connectivity index (χ0n) is 12.8. The van der Waals surface area contributed by atoms with Gasteiger partial charge in [-0.3, -0.25) is 10.1 Å². The van der Waals surface area contributed by atoms with Gasteiger partial charge in [0.1, 0.15) is 6.17 Å². The highest BCUT2D eigenvalue weighted by atomic mass is 32.1. The molecule has 1 N–H and O–H groups in total. The Bertz CT molecular complexity index is 418. The van der Waals surface area contributed by atoms with Crippen molar-refractivity contribution < 1.29 is 4.79 Å². The highest BCUT2D eigenvalue weighted by molar-refractivity contribution is 7.07.